The van der Waals surface area contributed by atoms with Crippen LogP contribution < -0.4 is 16.4 Å². The number of nitrogens with one attached hydrogen (secondary N) is 2. The molecule has 0 aromatic heterocycles. The van der Waals surface area contributed by atoms with Crippen molar-refractivity contribution in [2.24, 2.45) is 5.73 Å². The van der Waals surface area contributed by atoms with Crippen LogP contribution in [0, 0.1) is 15.9 Å². The minimum Gasteiger partial charge on any atom is -0.368 e. The highest BCUT2D eigenvalue weighted by Crippen LogP contribution is 2.20. The summed E-state index contributed by atoms with van der Waals surface area (Å²) in [5, 5.41) is 15.8. The SMILES string of the molecule is CC(=O)Nc1ccccc1C(=O)N[C@@H](Cc1ccc(F)c([N+](=O)[O-])c1)C(N)=O. The second-order valence-corrected chi connectivity index (χ2v) is 5.90. The lowest BCUT2D eigenvalue weighted by Crippen LogP contribution is -2.46. The van der Waals surface area contributed by atoms with Crippen molar-refractivity contribution in [2.45, 2.75) is 19.4 Å². The smallest absolute Gasteiger partial charge is 0.305 e. The molecule has 0 saturated carbocycles. The highest BCUT2D eigenvalue weighted by Gasteiger charge is 2.23. The molecule has 1 atom stereocenters. The first-order valence-electron chi connectivity index (χ1n) is 8.08. The Balaban J connectivity index is 2.24. The molecular formula is C18H17FN4O5. The van der Waals surface area contributed by atoms with Crippen LogP contribution in [0.5, 0.6) is 0 Å². The lowest BCUT2D eigenvalue weighted by Gasteiger charge is -2.17. The van der Waals surface area contributed by atoms with Gasteiger partial charge in [-0.3, -0.25) is 24.5 Å². The maximum absolute atomic E-state index is 13.5. The van der Waals surface area contributed by atoms with Gasteiger partial charge in [-0.05, 0) is 23.8 Å². The third kappa shape index (κ3) is 5.10. The molecule has 0 aliphatic carbocycles. The number of nitrogens with zero attached hydrogens (tertiary/aromatic N) is 1. The van der Waals surface area contributed by atoms with Gasteiger partial charge in [-0.1, -0.05) is 18.2 Å². The molecule has 0 aliphatic heterocycles. The van der Waals surface area contributed by atoms with Gasteiger partial charge in [0.05, 0.1) is 16.2 Å². The van der Waals surface area contributed by atoms with E-state index in [1.54, 1.807) is 12.1 Å². The molecule has 0 spiro atoms. The van der Waals surface area contributed by atoms with E-state index in [1.807, 2.05) is 0 Å². The zero-order chi connectivity index (χ0) is 20.8. The Bertz CT molecular complexity index is 947. The Morgan fingerprint density at radius 1 is 1.21 bits per heavy atom. The number of primary amides is 1. The van der Waals surface area contributed by atoms with E-state index >= 15 is 0 Å². The van der Waals surface area contributed by atoms with Crippen molar-refractivity contribution in [1.29, 1.82) is 0 Å². The lowest BCUT2D eigenvalue weighted by molar-refractivity contribution is -0.387. The fraction of sp³-hybridized carbons (Fsp3) is 0.167. The van der Waals surface area contributed by atoms with Crippen molar-refractivity contribution >= 4 is 29.1 Å². The second-order valence-electron chi connectivity index (χ2n) is 5.90. The number of carbonyl (C=O) groups is 3. The van der Waals surface area contributed by atoms with E-state index in [1.165, 1.54) is 25.1 Å². The molecule has 0 unspecified atom stereocenters. The largest absolute Gasteiger partial charge is 0.368 e. The van der Waals surface area contributed by atoms with Gasteiger partial charge in [0.1, 0.15) is 6.04 Å². The fourth-order valence-corrected chi connectivity index (χ4v) is 2.50. The number of anilines is 1. The molecular weight excluding hydrogens is 371 g/mol. The molecule has 0 radical (unpaired) electrons. The van der Waals surface area contributed by atoms with Crippen molar-refractivity contribution < 1.29 is 23.7 Å². The Morgan fingerprint density at radius 3 is 2.50 bits per heavy atom. The van der Waals surface area contributed by atoms with E-state index in [-0.39, 0.29) is 29.1 Å². The molecule has 0 fully saturated rings. The van der Waals surface area contributed by atoms with Crippen molar-refractivity contribution in [1.82, 2.24) is 5.32 Å². The van der Waals surface area contributed by atoms with E-state index in [0.717, 1.165) is 12.1 Å². The first-order valence-corrected chi connectivity index (χ1v) is 8.08. The summed E-state index contributed by atoms with van der Waals surface area (Å²) in [4.78, 5) is 45.5. The van der Waals surface area contributed by atoms with Crippen molar-refractivity contribution in [3.05, 3.63) is 69.5 Å². The first kappa shape index (κ1) is 20.5. The number of amides is 3. The van der Waals surface area contributed by atoms with Crippen LogP contribution in [0.25, 0.3) is 0 Å². The van der Waals surface area contributed by atoms with Gasteiger partial charge in [0.25, 0.3) is 5.91 Å². The monoisotopic (exact) mass is 388 g/mol. The molecule has 0 heterocycles. The summed E-state index contributed by atoms with van der Waals surface area (Å²) in [6.45, 7) is 1.28. The quantitative estimate of drug-likeness (QED) is 0.486. The number of hydrogen-bond acceptors (Lipinski definition) is 5. The Hall–Kier alpha value is -3.82. The number of nitrogens with two attached hydrogens (primary N) is 1. The Kier molecular flexibility index (Phi) is 6.38. The molecule has 146 valence electrons. The van der Waals surface area contributed by atoms with Crippen LogP contribution in [0.2, 0.25) is 0 Å². The zero-order valence-electron chi connectivity index (χ0n) is 14.8. The van der Waals surface area contributed by atoms with Crippen LogP contribution in [0.15, 0.2) is 42.5 Å². The summed E-state index contributed by atoms with van der Waals surface area (Å²) >= 11 is 0. The number of rotatable bonds is 7. The highest BCUT2D eigenvalue weighted by atomic mass is 19.1. The maximum Gasteiger partial charge on any atom is 0.305 e. The summed E-state index contributed by atoms with van der Waals surface area (Å²) < 4.78 is 13.5. The molecule has 9 nitrogen and oxygen atoms in total. The molecule has 2 aromatic rings. The molecule has 2 aromatic carbocycles. The highest BCUT2D eigenvalue weighted by molar-refractivity contribution is 6.04. The van der Waals surface area contributed by atoms with Gasteiger partial charge in [0, 0.05) is 19.4 Å². The van der Waals surface area contributed by atoms with Crippen LogP contribution in [0.4, 0.5) is 15.8 Å². The Morgan fingerprint density at radius 2 is 1.89 bits per heavy atom. The van der Waals surface area contributed by atoms with Gasteiger partial charge in [-0.25, -0.2) is 0 Å². The maximum atomic E-state index is 13.5. The molecule has 10 heteroatoms. The molecule has 28 heavy (non-hydrogen) atoms. The summed E-state index contributed by atoms with van der Waals surface area (Å²) in [7, 11) is 0. The second kappa shape index (κ2) is 8.71. The summed E-state index contributed by atoms with van der Waals surface area (Å²) in [5.74, 6) is -2.95. The number of nitro benzene ring substituents is 1. The number of carbonyl (C=O) groups excluding carboxylic acids is 3. The van der Waals surface area contributed by atoms with Gasteiger partial charge in [-0.2, -0.15) is 4.39 Å². The topological polar surface area (TPSA) is 144 Å². The summed E-state index contributed by atoms with van der Waals surface area (Å²) in [6, 6.07) is 8.08. The third-order valence-electron chi connectivity index (χ3n) is 3.78. The standard InChI is InChI=1S/C18H17FN4O5/c1-10(24)21-14-5-3-2-4-12(14)18(26)22-15(17(20)25)8-11-6-7-13(19)16(9-11)23(27)28/h2-7,9,15H,8H2,1H3,(H2,20,25)(H,21,24)(H,22,26)/t15-/m0/s1. The third-order valence-corrected chi connectivity index (χ3v) is 3.78. The average molecular weight is 388 g/mol. The van der Waals surface area contributed by atoms with Gasteiger partial charge >= 0.3 is 5.69 Å². The van der Waals surface area contributed by atoms with Crippen LogP contribution in [-0.2, 0) is 16.0 Å². The van der Waals surface area contributed by atoms with E-state index in [0.29, 0.717) is 0 Å². The molecule has 3 amide bonds. The number of hydrogen-bond donors (Lipinski definition) is 3. The Labute approximate surface area is 158 Å². The van der Waals surface area contributed by atoms with Gasteiger partial charge in [-0.15, -0.1) is 0 Å². The molecule has 0 aliphatic rings. The first-order chi connectivity index (χ1) is 13.2. The number of nitro groups is 1. The number of para-hydroxylation sites is 1. The van der Waals surface area contributed by atoms with Crippen LogP contribution >= 0.6 is 0 Å². The van der Waals surface area contributed by atoms with E-state index in [4.69, 9.17) is 5.73 Å². The van der Waals surface area contributed by atoms with Gasteiger partial charge in [0.2, 0.25) is 17.6 Å². The predicted octanol–water partition coefficient (Wildman–Crippen LogP) is 1.52. The van der Waals surface area contributed by atoms with Crippen LogP contribution in [0.3, 0.4) is 0 Å². The van der Waals surface area contributed by atoms with Crippen LogP contribution in [-0.4, -0.2) is 28.7 Å². The molecule has 0 saturated heterocycles. The summed E-state index contributed by atoms with van der Waals surface area (Å²) in [6.07, 6.45) is -0.176. The van der Waals surface area contributed by atoms with E-state index < -0.39 is 34.3 Å². The fourth-order valence-electron chi connectivity index (χ4n) is 2.50. The van der Waals surface area contributed by atoms with Crippen molar-refractivity contribution in [3.8, 4) is 0 Å². The number of benzene rings is 2. The number of halogens is 1. The molecule has 2 rings (SSSR count). The van der Waals surface area contributed by atoms with Gasteiger partial charge in [0.15, 0.2) is 0 Å². The van der Waals surface area contributed by atoms with Gasteiger partial charge < -0.3 is 16.4 Å². The average Bonchev–Trinajstić information content (AvgIpc) is 2.62. The molecule has 4 N–H and O–H groups in total. The minimum atomic E-state index is -1.21. The lowest BCUT2D eigenvalue weighted by atomic mass is 10.0. The zero-order valence-corrected chi connectivity index (χ0v) is 14.8. The van der Waals surface area contributed by atoms with Crippen LogP contribution in [0.1, 0.15) is 22.8 Å². The van der Waals surface area contributed by atoms with E-state index in [2.05, 4.69) is 10.6 Å². The van der Waals surface area contributed by atoms with Crippen molar-refractivity contribution in [2.75, 3.05) is 5.32 Å². The minimum absolute atomic E-state index is 0.106. The summed E-state index contributed by atoms with van der Waals surface area (Å²) in [5.41, 5.74) is 5.17. The van der Waals surface area contributed by atoms with Crippen molar-refractivity contribution in [3.63, 3.8) is 0 Å². The predicted molar refractivity (Wildman–Crippen MR) is 98.0 cm³/mol. The normalized spacial score (nSPS) is 11.4. The molecule has 0 bridgehead atoms. The van der Waals surface area contributed by atoms with E-state index in [9.17, 15) is 28.9 Å².